The second-order valence-electron chi connectivity index (χ2n) is 3.35. The fourth-order valence-electron chi connectivity index (χ4n) is 1.45. The molecule has 0 saturated carbocycles. The van der Waals surface area contributed by atoms with Crippen LogP contribution in [0.1, 0.15) is 5.82 Å². The van der Waals surface area contributed by atoms with Crippen LogP contribution < -0.4 is 10.1 Å². The first kappa shape index (κ1) is 10.5. The third kappa shape index (κ3) is 2.13. The minimum absolute atomic E-state index is 0.622. The van der Waals surface area contributed by atoms with Gasteiger partial charge in [-0.05, 0) is 12.1 Å². The number of methoxy groups -OCH3 is 1. The molecule has 0 aliphatic rings. The van der Waals surface area contributed by atoms with Crippen molar-refractivity contribution in [2.45, 2.75) is 6.54 Å². The summed E-state index contributed by atoms with van der Waals surface area (Å²) < 4.78 is 6.98. The molecule has 2 aromatic rings. The maximum atomic E-state index is 5.24. The highest BCUT2D eigenvalue weighted by atomic mass is 16.5. The first-order chi connectivity index (χ1) is 7.81. The molecule has 0 saturated heterocycles. The maximum absolute atomic E-state index is 5.24. The largest absolute Gasteiger partial charge is 0.495 e. The zero-order valence-corrected chi connectivity index (χ0v) is 9.34. The molecule has 0 unspecified atom stereocenters. The molecule has 2 rings (SSSR count). The van der Waals surface area contributed by atoms with Crippen molar-refractivity contribution in [2.24, 2.45) is 7.05 Å². The summed E-state index contributed by atoms with van der Waals surface area (Å²) in [5, 5.41) is 7.26. The Kier molecular flexibility index (Phi) is 3.05. The van der Waals surface area contributed by atoms with Gasteiger partial charge in [-0.25, -0.2) is 4.98 Å². The van der Waals surface area contributed by atoms with Crippen LogP contribution in [0.2, 0.25) is 0 Å². The van der Waals surface area contributed by atoms with Crippen LogP contribution in [0.25, 0.3) is 0 Å². The van der Waals surface area contributed by atoms with Gasteiger partial charge in [0.2, 0.25) is 0 Å². The number of para-hydroxylation sites is 2. The number of rotatable bonds is 4. The van der Waals surface area contributed by atoms with Gasteiger partial charge >= 0.3 is 0 Å². The molecule has 0 amide bonds. The first-order valence-corrected chi connectivity index (χ1v) is 5.01. The lowest BCUT2D eigenvalue weighted by Crippen LogP contribution is -2.07. The van der Waals surface area contributed by atoms with E-state index in [0.29, 0.717) is 6.54 Å². The molecule has 1 N–H and O–H groups in total. The minimum atomic E-state index is 0.622. The highest BCUT2D eigenvalue weighted by Gasteiger charge is 2.03. The zero-order valence-electron chi connectivity index (χ0n) is 9.34. The number of hydrogen-bond acceptors (Lipinski definition) is 4. The smallest absolute Gasteiger partial charge is 0.145 e. The Morgan fingerprint density at radius 1 is 1.38 bits per heavy atom. The number of nitrogens with one attached hydrogen (secondary N) is 1. The molecule has 0 aliphatic heterocycles. The number of aryl methyl sites for hydroxylation is 1. The standard InChI is InChI=1S/C11H14N4O/c1-15-11(13-8-14-15)7-12-9-5-3-4-6-10(9)16-2/h3-6,8,12H,7H2,1-2H3. The van der Waals surface area contributed by atoms with Gasteiger partial charge in [-0.15, -0.1) is 0 Å². The Balaban J connectivity index is 2.07. The summed E-state index contributed by atoms with van der Waals surface area (Å²) in [5.41, 5.74) is 0.952. The molecular weight excluding hydrogens is 204 g/mol. The quantitative estimate of drug-likeness (QED) is 0.843. The molecule has 0 atom stereocenters. The first-order valence-electron chi connectivity index (χ1n) is 5.01. The van der Waals surface area contributed by atoms with Crippen molar-refractivity contribution in [2.75, 3.05) is 12.4 Å². The molecular formula is C11H14N4O. The highest BCUT2D eigenvalue weighted by Crippen LogP contribution is 2.23. The Hall–Kier alpha value is -2.04. The van der Waals surface area contributed by atoms with Gasteiger partial charge in [0.15, 0.2) is 0 Å². The maximum Gasteiger partial charge on any atom is 0.145 e. The van der Waals surface area contributed by atoms with E-state index < -0.39 is 0 Å². The minimum Gasteiger partial charge on any atom is -0.495 e. The molecule has 5 heteroatoms. The molecule has 0 fully saturated rings. The van der Waals surface area contributed by atoms with E-state index in [9.17, 15) is 0 Å². The van der Waals surface area contributed by atoms with Crippen LogP contribution in [0.5, 0.6) is 5.75 Å². The van der Waals surface area contributed by atoms with Crippen LogP contribution in [0.15, 0.2) is 30.6 Å². The molecule has 5 nitrogen and oxygen atoms in total. The van der Waals surface area contributed by atoms with Crippen LogP contribution in [0, 0.1) is 0 Å². The molecule has 1 aromatic carbocycles. The molecule has 16 heavy (non-hydrogen) atoms. The molecule has 0 bridgehead atoms. The van der Waals surface area contributed by atoms with E-state index >= 15 is 0 Å². The van der Waals surface area contributed by atoms with E-state index in [0.717, 1.165) is 17.3 Å². The van der Waals surface area contributed by atoms with Gasteiger partial charge in [-0.3, -0.25) is 4.68 Å². The summed E-state index contributed by atoms with van der Waals surface area (Å²) in [5.74, 6) is 1.70. The number of hydrogen-bond donors (Lipinski definition) is 1. The van der Waals surface area contributed by atoms with E-state index in [1.807, 2.05) is 31.3 Å². The van der Waals surface area contributed by atoms with Gasteiger partial charge in [-0.2, -0.15) is 5.10 Å². The molecule has 1 heterocycles. The van der Waals surface area contributed by atoms with Crippen LogP contribution in [0.3, 0.4) is 0 Å². The summed E-state index contributed by atoms with van der Waals surface area (Å²) in [6.45, 7) is 0.622. The van der Waals surface area contributed by atoms with Crippen molar-refractivity contribution in [3.8, 4) is 5.75 Å². The van der Waals surface area contributed by atoms with Crippen molar-refractivity contribution in [3.63, 3.8) is 0 Å². The summed E-state index contributed by atoms with van der Waals surface area (Å²) >= 11 is 0. The van der Waals surface area contributed by atoms with E-state index in [1.165, 1.54) is 0 Å². The summed E-state index contributed by atoms with van der Waals surface area (Å²) in [6, 6.07) is 7.78. The average Bonchev–Trinajstić information content (AvgIpc) is 2.72. The van der Waals surface area contributed by atoms with Crippen molar-refractivity contribution >= 4 is 5.69 Å². The lowest BCUT2D eigenvalue weighted by atomic mass is 10.3. The number of aromatic nitrogens is 3. The Morgan fingerprint density at radius 2 is 2.19 bits per heavy atom. The summed E-state index contributed by atoms with van der Waals surface area (Å²) in [7, 11) is 3.52. The Labute approximate surface area is 94.1 Å². The molecule has 0 radical (unpaired) electrons. The van der Waals surface area contributed by atoms with Crippen LogP contribution in [-0.4, -0.2) is 21.9 Å². The van der Waals surface area contributed by atoms with Gasteiger partial charge in [0.05, 0.1) is 19.3 Å². The van der Waals surface area contributed by atoms with Crippen molar-refractivity contribution < 1.29 is 4.74 Å². The average molecular weight is 218 g/mol. The summed E-state index contributed by atoms with van der Waals surface area (Å²) in [4.78, 5) is 4.13. The number of anilines is 1. The monoisotopic (exact) mass is 218 g/mol. The SMILES string of the molecule is COc1ccccc1NCc1ncnn1C. The third-order valence-corrected chi connectivity index (χ3v) is 2.35. The second-order valence-corrected chi connectivity index (χ2v) is 3.35. The third-order valence-electron chi connectivity index (χ3n) is 2.35. The van der Waals surface area contributed by atoms with Gasteiger partial charge in [0, 0.05) is 7.05 Å². The molecule has 0 spiro atoms. The van der Waals surface area contributed by atoms with Crippen LogP contribution in [0.4, 0.5) is 5.69 Å². The number of ether oxygens (including phenoxy) is 1. The Morgan fingerprint density at radius 3 is 2.88 bits per heavy atom. The van der Waals surface area contributed by atoms with E-state index in [2.05, 4.69) is 15.4 Å². The van der Waals surface area contributed by atoms with Crippen LogP contribution in [-0.2, 0) is 13.6 Å². The molecule has 0 aliphatic carbocycles. The predicted octanol–water partition coefficient (Wildman–Crippen LogP) is 1.44. The van der Waals surface area contributed by atoms with E-state index in [-0.39, 0.29) is 0 Å². The fourth-order valence-corrected chi connectivity index (χ4v) is 1.45. The lowest BCUT2D eigenvalue weighted by Gasteiger charge is -2.09. The predicted molar refractivity (Wildman–Crippen MR) is 61.3 cm³/mol. The zero-order chi connectivity index (χ0) is 11.4. The van der Waals surface area contributed by atoms with Crippen molar-refractivity contribution in [1.29, 1.82) is 0 Å². The second kappa shape index (κ2) is 4.65. The normalized spacial score (nSPS) is 10.1. The number of benzene rings is 1. The number of nitrogens with zero attached hydrogens (tertiary/aromatic N) is 3. The molecule has 1 aromatic heterocycles. The lowest BCUT2D eigenvalue weighted by molar-refractivity contribution is 0.416. The van der Waals surface area contributed by atoms with Crippen molar-refractivity contribution in [1.82, 2.24) is 14.8 Å². The topological polar surface area (TPSA) is 52.0 Å². The highest BCUT2D eigenvalue weighted by molar-refractivity contribution is 5.55. The van der Waals surface area contributed by atoms with E-state index in [4.69, 9.17) is 4.74 Å². The van der Waals surface area contributed by atoms with E-state index in [1.54, 1.807) is 18.1 Å². The Bertz CT molecular complexity index is 467. The summed E-state index contributed by atoms with van der Waals surface area (Å²) in [6.07, 6.45) is 1.54. The van der Waals surface area contributed by atoms with Gasteiger partial charge in [0.1, 0.15) is 17.9 Å². The van der Waals surface area contributed by atoms with Gasteiger partial charge in [0.25, 0.3) is 0 Å². The molecule has 84 valence electrons. The fraction of sp³-hybridized carbons (Fsp3) is 0.273. The van der Waals surface area contributed by atoms with Gasteiger partial charge in [-0.1, -0.05) is 12.1 Å². The van der Waals surface area contributed by atoms with Crippen LogP contribution >= 0.6 is 0 Å². The van der Waals surface area contributed by atoms with Gasteiger partial charge < -0.3 is 10.1 Å². The van der Waals surface area contributed by atoms with Crippen molar-refractivity contribution in [3.05, 3.63) is 36.4 Å².